The number of aliphatic hydroxyl groups is 1. The average molecular weight is 283 g/mol. The zero-order valence-electron chi connectivity index (χ0n) is 10.5. The van der Waals surface area contributed by atoms with Gasteiger partial charge in [0.2, 0.25) is 5.60 Å². The first-order chi connectivity index (χ1) is 9.07. The molecule has 1 amide bonds. The van der Waals surface area contributed by atoms with Crippen molar-refractivity contribution in [3.8, 4) is 0 Å². The molecule has 2 N–H and O–H groups in total. The molecule has 0 radical (unpaired) electrons. The number of benzene rings is 1. The highest BCUT2D eigenvalue weighted by Crippen LogP contribution is 2.29. The standard InChI is InChI=1S/C13H15ClN2O3/c1-13(12(18)15-6-7-17)8-11(16-19-13)9-4-2-3-5-10(9)14/h2-5,17H,6-8H2,1H3,(H,15,18)/t13-/m1/s1. The van der Waals surface area contributed by atoms with Gasteiger partial charge in [-0.15, -0.1) is 0 Å². The topological polar surface area (TPSA) is 70.9 Å². The predicted molar refractivity (Wildman–Crippen MR) is 72.2 cm³/mol. The van der Waals surface area contributed by atoms with E-state index < -0.39 is 5.60 Å². The minimum atomic E-state index is -1.05. The number of amides is 1. The van der Waals surface area contributed by atoms with Gasteiger partial charge in [0, 0.05) is 23.6 Å². The van der Waals surface area contributed by atoms with Crippen LogP contribution < -0.4 is 5.32 Å². The van der Waals surface area contributed by atoms with Crippen molar-refractivity contribution in [2.45, 2.75) is 18.9 Å². The molecule has 0 saturated heterocycles. The molecule has 0 spiro atoms. The van der Waals surface area contributed by atoms with Gasteiger partial charge in [-0.1, -0.05) is 35.0 Å². The number of aliphatic hydroxyl groups excluding tert-OH is 1. The van der Waals surface area contributed by atoms with Crippen LogP contribution in [0.3, 0.4) is 0 Å². The van der Waals surface area contributed by atoms with E-state index in [9.17, 15) is 4.79 Å². The zero-order valence-corrected chi connectivity index (χ0v) is 11.3. The van der Waals surface area contributed by atoms with Crippen molar-refractivity contribution >= 4 is 23.2 Å². The molecular weight excluding hydrogens is 268 g/mol. The molecule has 1 heterocycles. The van der Waals surface area contributed by atoms with Crippen LogP contribution in [-0.4, -0.2) is 35.5 Å². The molecule has 1 atom stereocenters. The summed E-state index contributed by atoms with van der Waals surface area (Å²) in [5.41, 5.74) is 0.360. The van der Waals surface area contributed by atoms with Crippen molar-refractivity contribution in [2.24, 2.45) is 5.16 Å². The molecule has 1 aromatic carbocycles. The molecule has 6 heteroatoms. The molecule has 1 aliphatic heterocycles. The molecule has 102 valence electrons. The molecule has 19 heavy (non-hydrogen) atoms. The van der Waals surface area contributed by atoms with Crippen LogP contribution in [-0.2, 0) is 9.63 Å². The molecule has 1 aromatic rings. The van der Waals surface area contributed by atoms with Crippen molar-refractivity contribution < 1.29 is 14.7 Å². The first kappa shape index (κ1) is 13.8. The van der Waals surface area contributed by atoms with E-state index in [4.69, 9.17) is 21.5 Å². The van der Waals surface area contributed by atoms with Gasteiger partial charge in [0.1, 0.15) is 0 Å². The number of oxime groups is 1. The van der Waals surface area contributed by atoms with Crippen molar-refractivity contribution in [3.63, 3.8) is 0 Å². The van der Waals surface area contributed by atoms with Gasteiger partial charge in [-0.05, 0) is 13.0 Å². The van der Waals surface area contributed by atoms with Gasteiger partial charge in [-0.3, -0.25) is 4.79 Å². The lowest BCUT2D eigenvalue weighted by atomic mass is 9.95. The lowest BCUT2D eigenvalue weighted by molar-refractivity contribution is -0.141. The van der Waals surface area contributed by atoms with Crippen molar-refractivity contribution in [2.75, 3.05) is 13.2 Å². The first-order valence-electron chi connectivity index (χ1n) is 5.96. The number of halogens is 1. The molecule has 0 saturated carbocycles. The maximum Gasteiger partial charge on any atom is 0.267 e. The van der Waals surface area contributed by atoms with E-state index in [0.717, 1.165) is 5.56 Å². The lowest BCUT2D eigenvalue weighted by Gasteiger charge is -2.20. The van der Waals surface area contributed by atoms with E-state index >= 15 is 0 Å². The minimum absolute atomic E-state index is 0.111. The first-order valence-corrected chi connectivity index (χ1v) is 6.34. The predicted octanol–water partition coefficient (Wildman–Crippen LogP) is 1.33. The third-order valence-electron chi connectivity index (χ3n) is 2.92. The van der Waals surface area contributed by atoms with Crippen LogP contribution in [0.2, 0.25) is 5.02 Å². The van der Waals surface area contributed by atoms with Crippen molar-refractivity contribution in [1.82, 2.24) is 5.32 Å². The Morgan fingerprint density at radius 3 is 3.00 bits per heavy atom. The molecule has 0 fully saturated rings. The SMILES string of the molecule is C[C@]1(C(=O)NCCO)CC(c2ccccc2Cl)=NO1. The van der Waals surface area contributed by atoms with Gasteiger partial charge < -0.3 is 15.3 Å². The number of carbonyl (C=O) groups excluding carboxylic acids is 1. The van der Waals surface area contributed by atoms with Crippen LogP contribution in [0.4, 0.5) is 0 Å². The second-order valence-electron chi connectivity index (χ2n) is 4.50. The molecule has 0 aromatic heterocycles. The Morgan fingerprint density at radius 1 is 1.58 bits per heavy atom. The molecule has 1 aliphatic rings. The number of rotatable bonds is 4. The maximum absolute atomic E-state index is 11.9. The van der Waals surface area contributed by atoms with Crippen LogP contribution in [0.1, 0.15) is 18.9 Å². The smallest absolute Gasteiger partial charge is 0.267 e. The maximum atomic E-state index is 11.9. The van der Waals surface area contributed by atoms with Gasteiger partial charge in [0.15, 0.2) is 0 Å². The summed E-state index contributed by atoms with van der Waals surface area (Å²) < 4.78 is 0. The highest BCUT2D eigenvalue weighted by atomic mass is 35.5. The molecule has 2 rings (SSSR count). The summed E-state index contributed by atoms with van der Waals surface area (Å²) in [6, 6.07) is 7.28. The van der Waals surface area contributed by atoms with Crippen LogP contribution in [0.15, 0.2) is 29.4 Å². The van der Waals surface area contributed by atoms with E-state index in [-0.39, 0.29) is 19.1 Å². The summed E-state index contributed by atoms with van der Waals surface area (Å²) in [6.07, 6.45) is 0.341. The Balaban J connectivity index is 2.10. The molecule has 0 unspecified atom stereocenters. The average Bonchev–Trinajstić information content (AvgIpc) is 2.80. The fourth-order valence-corrected chi connectivity index (χ4v) is 2.10. The van der Waals surface area contributed by atoms with E-state index in [1.165, 1.54) is 0 Å². The fraction of sp³-hybridized carbons (Fsp3) is 0.385. The van der Waals surface area contributed by atoms with Crippen molar-refractivity contribution in [3.05, 3.63) is 34.9 Å². The second kappa shape index (κ2) is 5.59. The van der Waals surface area contributed by atoms with E-state index in [1.54, 1.807) is 13.0 Å². The number of hydrogen-bond acceptors (Lipinski definition) is 4. The number of hydrogen-bond donors (Lipinski definition) is 2. The third-order valence-corrected chi connectivity index (χ3v) is 3.25. The highest BCUT2D eigenvalue weighted by molar-refractivity contribution is 6.34. The summed E-state index contributed by atoms with van der Waals surface area (Å²) in [6.45, 7) is 1.74. The number of nitrogens with one attached hydrogen (secondary N) is 1. The lowest BCUT2D eigenvalue weighted by Crippen LogP contribution is -2.45. The number of nitrogens with zero attached hydrogens (tertiary/aromatic N) is 1. The summed E-state index contributed by atoms with van der Waals surface area (Å²) in [4.78, 5) is 17.2. The van der Waals surface area contributed by atoms with Crippen LogP contribution in [0, 0.1) is 0 Å². The monoisotopic (exact) mass is 282 g/mol. The van der Waals surface area contributed by atoms with E-state index in [2.05, 4.69) is 10.5 Å². The van der Waals surface area contributed by atoms with E-state index in [0.29, 0.717) is 17.2 Å². The summed E-state index contributed by atoms with van der Waals surface area (Å²) in [5.74, 6) is -0.299. The summed E-state index contributed by atoms with van der Waals surface area (Å²) >= 11 is 6.09. The highest BCUT2D eigenvalue weighted by Gasteiger charge is 2.42. The summed E-state index contributed by atoms with van der Waals surface area (Å²) in [7, 11) is 0. The Kier molecular flexibility index (Phi) is 4.07. The largest absolute Gasteiger partial charge is 0.395 e. The quantitative estimate of drug-likeness (QED) is 0.875. The Bertz CT molecular complexity index is 518. The Labute approximate surface area is 116 Å². The van der Waals surface area contributed by atoms with Crippen LogP contribution in [0.25, 0.3) is 0 Å². The third kappa shape index (κ3) is 2.88. The van der Waals surface area contributed by atoms with Gasteiger partial charge >= 0.3 is 0 Å². The molecule has 0 bridgehead atoms. The second-order valence-corrected chi connectivity index (χ2v) is 4.90. The van der Waals surface area contributed by atoms with E-state index in [1.807, 2.05) is 18.2 Å². The molecule has 0 aliphatic carbocycles. The van der Waals surface area contributed by atoms with Crippen LogP contribution in [0.5, 0.6) is 0 Å². The van der Waals surface area contributed by atoms with Gasteiger partial charge in [-0.2, -0.15) is 0 Å². The minimum Gasteiger partial charge on any atom is -0.395 e. The molecular formula is C13H15ClN2O3. The Hall–Kier alpha value is -1.59. The van der Waals surface area contributed by atoms with Gasteiger partial charge in [-0.25, -0.2) is 0 Å². The zero-order chi connectivity index (χ0) is 13.9. The van der Waals surface area contributed by atoms with Crippen molar-refractivity contribution in [1.29, 1.82) is 0 Å². The summed E-state index contributed by atoms with van der Waals surface area (Å²) in [5, 5.41) is 15.8. The normalized spacial score (nSPS) is 21.7. The number of carbonyl (C=O) groups is 1. The van der Waals surface area contributed by atoms with Gasteiger partial charge in [0.25, 0.3) is 5.91 Å². The Morgan fingerprint density at radius 2 is 2.32 bits per heavy atom. The molecule has 5 nitrogen and oxygen atoms in total. The fourth-order valence-electron chi connectivity index (χ4n) is 1.86. The van der Waals surface area contributed by atoms with Crippen LogP contribution >= 0.6 is 11.6 Å². The van der Waals surface area contributed by atoms with Gasteiger partial charge in [0.05, 0.1) is 12.3 Å².